The Morgan fingerprint density at radius 3 is 2.63 bits per heavy atom. The van der Waals surface area contributed by atoms with Crippen LogP contribution in [0, 0.1) is 0 Å². The molecule has 19 heavy (non-hydrogen) atoms. The van der Waals surface area contributed by atoms with Gasteiger partial charge in [0, 0.05) is 13.0 Å². The van der Waals surface area contributed by atoms with Crippen LogP contribution in [-0.2, 0) is 4.74 Å². The highest BCUT2D eigenvalue weighted by Gasteiger charge is 2.17. The maximum Gasteiger partial charge on any atom is 0.335 e. The van der Waals surface area contributed by atoms with Crippen LogP contribution >= 0.6 is 31.9 Å². The van der Waals surface area contributed by atoms with Gasteiger partial charge in [-0.25, -0.2) is 4.79 Å². The molecule has 0 spiro atoms. The second-order valence-corrected chi connectivity index (χ2v) is 6.06. The van der Waals surface area contributed by atoms with E-state index in [0.717, 1.165) is 25.9 Å². The van der Waals surface area contributed by atoms with Crippen LogP contribution in [0.5, 0.6) is 5.75 Å². The summed E-state index contributed by atoms with van der Waals surface area (Å²) in [6, 6.07) is 3.07. The van der Waals surface area contributed by atoms with Gasteiger partial charge in [-0.3, -0.25) is 0 Å². The molecule has 0 saturated carbocycles. The molecule has 1 unspecified atom stereocenters. The van der Waals surface area contributed by atoms with Crippen molar-refractivity contribution in [3.8, 4) is 5.75 Å². The van der Waals surface area contributed by atoms with Gasteiger partial charge in [-0.15, -0.1) is 0 Å². The standard InChI is InChI=1S/C13H14Br2O4/c14-10-6-8(13(16)17)7-11(15)12(10)19-5-3-9-2-1-4-18-9/h6-7,9H,1-5H2,(H,16,17). The lowest BCUT2D eigenvalue weighted by Gasteiger charge is -2.13. The number of hydrogen-bond donors (Lipinski definition) is 1. The van der Waals surface area contributed by atoms with Crippen molar-refractivity contribution in [2.75, 3.05) is 13.2 Å². The Morgan fingerprint density at radius 1 is 1.42 bits per heavy atom. The van der Waals surface area contributed by atoms with Crippen LogP contribution in [-0.4, -0.2) is 30.4 Å². The van der Waals surface area contributed by atoms with Gasteiger partial charge in [0.15, 0.2) is 0 Å². The molecular formula is C13H14Br2O4. The van der Waals surface area contributed by atoms with Gasteiger partial charge in [0.2, 0.25) is 0 Å². The maximum atomic E-state index is 10.9. The van der Waals surface area contributed by atoms with E-state index < -0.39 is 5.97 Å². The molecule has 1 aromatic rings. The van der Waals surface area contributed by atoms with Crippen molar-refractivity contribution in [2.45, 2.75) is 25.4 Å². The fourth-order valence-corrected chi connectivity index (χ4v) is 3.40. The fourth-order valence-electron chi connectivity index (χ4n) is 1.99. The predicted octanol–water partition coefficient (Wildman–Crippen LogP) is 3.86. The first kappa shape index (κ1) is 14.8. The number of hydrogen-bond acceptors (Lipinski definition) is 3. The summed E-state index contributed by atoms with van der Waals surface area (Å²) >= 11 is 6.66. The molecule has 4 nitrogen and oxygen atoms in total. The molecule has 1 N–H and O–H groups in total. The van der Waals surface area contributed by atoms with E-state index in [9.17, 15) is 4.79 Å². The van der Waals surface area contributed by atoms with E-state index in [0.29, 0.717) is 21.3 Å². The van der Waals surface area contributed by atoms with Gasteiger partial charge < -0.3 is 14.6 Å². The molecule has 1 atom stereocenters. The summed E-state index contributed by atoms with van der Waals surface area (Å²) in [4.78, 5) is 10.9. The van der Waals surface area contributed by atoms with Crippen LogP contribution in [0.25, 0.3) is 0 Å². The van der Waals surface area contributed by atoms with Gasteiger partial charge in [-0.1, -0.05) is 0 Å². The van der Waals surface area contributed by atoms with Crippen LogP contribution < -0.4 is 4.74 Å². The number of halogens is 2. The van der Waals surface area contributed by atoms with Crippen LogP contribution in [0.15, 0.2) is 21.1 Å². The molecule has 1 aliphatic heterocycles. The Balaban J connectivity index is 1.97. The molecule has 0 bridgehead atoms. The van der Waals surface area contributed by atoms with Crippen molar-refractivity contribution in [3.63, 3.8) is 0 Å². The van der Waals surface area contributed by atoms with Gasteiger partial charge in [-0.2, -0.15) is 0 Å². The third-order valence-electron chi connectivity index (χ3n) is 2.96. The minimum atomic E-state index is -0.965. The molecule has 0 amide bonds. The first-order chi connectivity index (χ1) is 9.08. The lowest BCUT2D eigenvalue weighted by Crippen LogP contribution is -2.11. The van der Waals surface area contributed by atoms with Crippen molar-refractivity contribution in [1.29, 1.82) is 0 Å². The zero-order chi connectivity index (χ0) is 13.8. The number of aromatic carboxylic acids is 1. The molecule has 0 radical (unpaired) electrons. The molecule has 1 aliphatic rings. The molecule has 1 heterocycles. The summed E-state index contributed by atoms with van der Waals surface area (Å²) in [5.74, 6) is -0.338. The second-order valence-electron chi connectivity index (χ2n) is 4.35. The molecule has 1 aromatic carbocycles. The van der Waals surface area contributed by atoms with E-state index in [1.807, 2.05) is 0 Å². The second kappa shape index (κ2) is 6.72. The third kappa shape index (κ3) is 3.94. The van der Waals surface area contributed by atoms with Crippen molar-refractivity contribution >= 4 is 37.8 Å². The Labute approximate surface area is 128 Å². The van der Waals surface area contributed by atoms with Gasteiger partial charge in [0.1, 0.15) is 5.75 Å². The third-order valence-corrected chi connectivity index (χ3v) is 4.13. The van der Waals surface area contributed by atoms with E-state index in [1.54, 1.807) is 0 Å². The van der Waals surface area contributed by atoms with E-state index in [1.165, 1.54) is 12.1 Å². The number of carboxylic acid groups (broad SMARTS) is 1. The lowest BCUT2D eigenvalue weighted by molar-refractivity contribution is 0.0696. The summed E-state index contributed by atoms with van der Waals surface area (Å²) in [7, 11) is 0. The normalized spacial score (nSPS) is 18.5. The number of carboxylic acids is 1. The zero-order valence-electron chi connectivity index (χ0n) is 10.2. The average Bonchev–Trinajstić information content (AvgIpc) is 2.85. The number of rotatable bonds is 5. The van der Waals surface area contributed by atoms with Gasteiger partial charge >= 0.3 is 5.97 Å². The van der Waals surface area contributed by atoms with Gasteiger partial charge in [-0.05, 0) is 56.8 Å². The maximum absolute atomic E-state index is 10.9. The monoisotopic (exact) mass is 392 g/mol. The summed E-state index contributed by atoms with van der Waals surface area (Å²) in [6.45, 7) is 1.39. The fraction of sp³-hybridized carbons (Fsp3) is 0.462. The van der Waals surface area contributed by atoms with Gasteiger partial charge in [0.25, 0.3) is 0 Å². The van der Waals surface area contributed by atoms with Crippen molar-refractivity contribution < 1.29 is 19.4 Å². The Kier molecular flexibility index (Phi) is 5.24. The first-order valence-electron chi connectivity index (χ1n) is 6.04. The molecular weight excluding hydrogens is 380 g/mol. The summed E-state index contributed by atoms with van der Waals surface area (Å²) in [5.41, 5.74) is 0.213. The molecule has 104 valence electrons. The number of benzene rings is 1. The van der Waals surface area contributed by atoms with Crippen LogP contribution in [0.3, 0.4) is 0 Å². The smallest absolute Gasteiger partial charge is 0.335 e. The minimum Gasteiger partial charge on any atom is -0.491 e. The van der Waals surface area contributed by atoms with E-state index in [2.05, 4.69) is 31.9 Å². The Bertz CT molecular complexity index is 447. The Morgan fingerprint density at radius 2 is 2.11 bits per heavy atom. The molecule has 1 fully saturated rings. The van der Waals surface area contributed by atoms with Crippen LogP contribution in [0.1, 0.15) is 29.6 Å². The zero-order valence-corrected chi connectivity index (χ0v) is 13.4. The summed E-state index contributed by atoms with van der Waals surface area (Å²) in [5, 5.41) is 8.95. The molecule has 0 aromatic heterocycles. The highest BCUT2D eigenvalue weighted by molar-refractivity contribution is 9.11. The summed E-state index contributed by atoms with van der Waals surface area (Å²) in [6.07, 6.45) is 3.34. The molecule has 6 heteroatoms. The van der Waals surface area contributed by atoms with E-state index in [-0.39, 0.29) is 11.7 Å². The highest BCUT2D eigenvalue weighted by atomic mass is 79.9. The highest BCUT2D eigenvalue weighted by Crippen LogP contribution is 2.35. The molecule has 1 saturated heterocycles. The molecule has 2 rings (SSSR count). The van der Waals surface area contributed by atoms with Gasteiger partial charge in [0.05, 0.1) is 27.2 Å². The van der Waals surface area contributed by atoms with Crippen molar-refractivity contribution in [1.82, 2.24) is 0 Å². The van der Waals surface area contributed by atoms with E-state index >= 15 is 0 Å². The van der Waals surface area contributed by atoms with E-state index in [4.69, 9.17) is 14.6 Å². The van der Waals surface area contributed by atoms with Crippen LogP contribution in [0.2, 0.25) is 0 Å². The van der Waals surface area contributed by atoms with Crippen LogP contribution in [0.4, 0.5) is 0 Å². The Hall–Kier alpha value is -0.590. The SMILES string of the molecule is O=C(O)c1cc(Br)c(OCCC2CCCO2)c(Br)c1. The first-order valence-corrected chi connectivity index (χ1v) is 7.63. The van der Waals surface area contributed by atoms with Crippen molar-refractivity contribution in [3.05, 3.63) is 26.6 Å². The number of carbonyl (C=O) groups is 1. The minimum absolute atomic E-state index is 0.213. The lowest BCUT2D eigenvalue weighted by atomic mass is 10.2. The molecule has 0 aliphatic carbocycles. The average molecular weight is 394 g/mol. The quantitative estimate of drug-likeness (QED) is 0.825. The van der Waals surface area contributed by atoms with Crippen molar-refractivity contribution in [2.24, 2.45) is 0 Å². The topological polar surface area (TPSA) is 55.8 Å². The number of ether oxygens (including phenoxy) is 2. The largest absolute Gasteiger partial charge is 0.491 e. The predicted molar refractivity (Wildman–Crippen MR) is 77.9 cm³/mol. The summed E-state index contributed by atoms with van der Waals surface area (Å²) < 4.78 is 12.5.